The van der Waals surface area contributed by atoms with E-state index >= 15 is 0 Å². The molecule has 0 spiro atoms. The number of aromatic nitrogens is 2. The Hall–Kier alpha value is -6.12. The molecule has 272 valence electrons. The molecule has 4 aliphatic rings. The van der Waals surface area contributed by atoms with Crippen LogP contribution >= 0.6 is 0 Å². The standard InChI is InChI=1S/C54H46N2/c1-3-11-37(12-4-1)39-19-21-40(22-20-39)42-25-31-46(32-26-42)56-52-18-10-8-16-48(52)50-36-44(28-34-54(50)56)43-27-33-53-49(35-43)47-15-7-9-17-51(47)55(53)45-29-23-41(24-30-45)38-13-5-2-6-14-38/h1,3-5,7-8,10-11,13,15-16,18-23,25-38,41H,2,6,9,12,14,17,24H2. The van der Waals surface area contributed by atoms with E-state index in [1.54, 1.807) is 0 Å². The highest BCUT2D eigenvalue weighted by Gasteiger charge is 2.24. The highest BCUT2D eigenvalue weighted by atomic mass is 15.0. The minimum absolute atomic E-state index is 0.471. The van der Waals surface area contributed by atoms with Crippen LogP contribution in [0.1, 0.15) is 61.3 Å². The molecular weight excluding hydrogens is 677 g/mol. The van der Waals surface area contributed by atoms with Crippen LogP contribution in [0, 0.1) is 11.8 Å². The van der Waals surface area contributed by atoms with Crippen LogP contribution in [0.5, 0.6) is 0 Å². The summed E-state index contributed by atoms with van der Waals surface area (Å²) < 4.78 is 4.99. The number of hydrogen-bond acceptors (Lipinski definition) is 0. The van der Waals surface area contributed by atoms with Gasteiger partial charge in [0.15, 0.2) is 0 Å². The first-order chi connectivity index (χ1) is 27.8. The average Bonchev–Trinajstić information content (AvgIpc) is 3.79. The molecule has 0 radical (unpaired) electrons. The molecule has 0 amide bonds. The van der Waals surface area contributed by atoms with Gasteiger partial charge in [0.2, 0.25) is 0 Å². The average molecular weight is 723 g/mol. The Labute approximate surface area is 329 Å². The van der Waals surface area contributed by atoms with Gasteiger partial charge in [-0.15, -0.1) is 0 Å². The lowest BCUT2D eigenvalue weighted by molar-refractivity contribution is 0.421. The van der Waals surface area contributed by atoms with Crippen molar-refractivity contribution >= 4 is 44.5 Å². The van der Waals surface area contributed by atoms with Crippen LogP contribution in [-0.4, -0.2) is 9.13 Å². The largest absolute Gasteiger partial charge is 0.313 e. The molecule has 7 aromatic rings. The minimum atomic E-state index is 0.471. The van der Waals surface area contributed by atoms with Crippen LogP contribution in [0.3, 0.4) is 0 Å². The van der Waals surface area contributed by atoms with Gasteiger partial charge in [-0.05, 0) is 133 Å². The number of para-hydroxylation sites is 1. The summed E-state index contributed by atoms with van der Waals surface area (Å²) in [7, 11) is 0. The maximum atomic E-state index is 2.56. The Kier molecular flexibility index (Phi) is 8.23. The fourth-order valence-electron chi connectivity index (χ4n) is 9.98. The van der Waals surface area contributed by atoms with Gasteiger partial charge >= 0.3 is 0 Å². The second-order valence-corrected chi connectivity index (χ2v) is 16.2. The van der Waals surface area contributed by atoms with Gasteiger partial charge < -0.3 is 9.13 Å². The van der Waals surface area contributed by atoms with Gasteiger partial charge in [0.05, 0.1) is 16.6 Å². The molecule has 4 aliphatic carbocycles. The molecule has 11 rings (SSSR count). The van der Waals surface area contributed by atoms with Crippen molar-refractivity contribution in [2.24, 2.45) is 11.8 Å². The van der Waals surface area contributed by atoms with Crippen LogP contribution in [0.4, 0.5) is 0 Å². The number of fused-ring (bicyclic) bond motifs is 6. The summed E-state index contributed by atoms with van der Waals surface area (Å²) in [5, 5.41) is 3.91. The smallest absolute Gasteiger partial charge is 0.0541 e. The number of nitrogens with zero attached hydrogens (tertiary/aromatic N) is 2. The van der Waals surface area contributed by atoms with Crippen molar-refractivity contribution in [1.29, 1.82) is 0 Å². The van der Waals surface area contributed by atoms with Crippen LogP contribution in [-0.2, 0) is 6.42 Å². The zero-order valence-corrected chi connectivity index (χ0v) is 31.8. The van der Waals surface area contributed by atoms with Crippen molar-refractivity contribution in [1.82, 2.24) is 9.13 Å². The molecule has 0 saturated carbocycles. The van der Waals surface area contributed by atoms with Crippen molar-refractivity contribution < 1.29 is 0 Å². The number of rotatable bonds is 6. The van der Waals surface area contributed by atoms with Gasteiger partial charge in [0, 0.05) is 44.7 Å². The van der Waals surface area contributed by atoms with E-state index in [4.69, 9.17) is 0 Å². The van der Waals surface area contributed by atoms with Crippen LogP contribution < -0.4 is 0 Å². The fourth-order valence-corrected chi connectivity index (χ4v) is 9.98. The first-order valence-electron chi connectivity index (χ1n) is 20.7. The molecule has 2 heterocycles. The van der Waals surface area contributed by atoms with E-state index in [-0.39, 0.29) is 0 Å². The molecule has 56 heavy (non-hydrogen) atoms. The zero-order valence-electron chi connectivity index (χ0n) is 31.8. The lowest BCUT2D eigenvalue weighted by atomic mass is 9.81. The van der Waals surface area contributed by atoms with E-state index in [1.165, 1.54) is 102 Å². The van der Waals surface area contributed by atoms with Crippen molar-refractivity contribution in [3.8, 4) is 27.9 Å². The lowest BCUT2D eigenvalue weighted by Crippen LogP contribution is -2.15. The van der Waals surface area contributed by atoms with E-state index in [9.17, 15) is 0 Å². The first-order valence-corrected chi connectivity index (χ1v) is 20.7. The second-order valence-electron chi connectivity index (χ2n) is 16.2. The summed E-state index contributed by atoms with van der Waals surface area (Å²) in [5.41, 5.74) is 15.5. The number of hydrogen-bond donors (Lipinski definition) is 0. The molecule has 5 aromatic carbocycles. The summed E-state index contributed by atoms with van der Waals surface area (Å²) in [6, 6.07) is 41.3. The van der Waals surface area contributed by atoms with Gasteiger partial charge in [0.1, 0.15) is 0 Å². The molecule has 3 unspecified atom stereocenters. The summed E-state index contributed by atoms with van der Waals surface area (Å²) >= 11 is 0. The van der Waals surface area contributed by atoms with Gasteiger partial charge in [-0.3, -0.25) is 0 Å². The Morgan fingerprint density at radius 3 is 2.02 bits per heavy atom. The summed E-state index contributed by atoms with van der Waals surface area (Å²) in [4.78, 5) is 0. The molecule has 0 fully saturated rings. The molecule has 2 heteroatoms. The molecule has 2 aromatic heterocycles. The van der Waals surface area contributed by atoms with E-state index < -0.39 is 0 Å². The first kappa shape index (κ1) is 33.2. The summed E-state index contributed by atoms with van der Waals surface area (Å²) in [6.45, 7) is 0. The Morgan fingerprint density at radius 1 is 0.518 bits per heavy atom. The van der Waals surface area contributed by atoms with Gasteiger partial charge in [-0.25, -0.2) is 0 Å². The maximum Gasteiger partial charge on any atom is 0.0541 e. The molecule has 0 bridgehead atoms. The molecule has 0 aliphatic heterocycles. The SMILES string of the molecule is C1=CCC(c2ccc(-c3ccc(-n4c5ccccc5c5cc(-c6ccc7c(c6)c6c(n7C7=CCC(C8C=CCCC8)C=C7)CCC=C6)ccc54)cc3)cc2)C=C1. The summed E-state index contributed by atoms with van der Waals surface area (Å²) in [6.07, 6.45) is 34.1. The van der Waals surface area contributed by atoms with E-state index in [2.05, 4.69) is 185 Å². The van der Waals surface area contributed by atoms with Crippen molar-refractivity contribution in [2.45, 2.75) is 50.9 Å². The van der Waals surface area contributed by atoms with E-state index in [1.807, 2.05) is 0 Å². The monoisotopic (exact) mass is 722 g/mol. The quantitative estimate of drug-likeness (QED) is 0.151. The third-order valence-corrected chi connectivity index (χ3v) is 12.9. The fraction of sp³-hybridized carbons (Fsp3) is 0.185. The Bertz CT molecular complexity index is 2820. The predicted molar refractivity (Wildman–Crippen MR) is 238 cm³/mol. The van der Waals surface area contributed by atoms with Gasteiger partial charge in [-0.2, -0.15) is 0 Å². The summed E-state index contributed by atoms with van der Waals surface area (Å²) in [5.74, 6) is 1.77. The van der Waals surface area contributed by atoms with E-state index in [0.29, 0.717) is 17.8 Å². The van der Waals surface area contributed by atoms with Gasteiger partial charge in [0.25, 0.3) is 0 Å². The normalized spacial score (nSPS) is 20.3. The third-order valence-electron chi connectivity index (χ3n) is 12.9. The molecule has 2 nitrogen and oxygen atoms in total. The van der Waals surface area contributed by atoms with Gasteiger partial charge in [-0.1, -0.05) is 127 Å². The molecular formula is C54H46N2. The second kappa shape index (κ2) is 13.9. The van der Waals surface area contributed by atoms with E-state index in [0.717, 1.165) is 25.7 Å². The maximum absolute atomic E-state index is 2.56. The Balaban J connectivity index is 0.932. The number of allylic oxidation sites excluding steroid dienone is 11. The Morgan fingerprint density at radius 2 is 1.27 bits per heavy atom. The van der Waals surface area contributed by atoms with Crippen molar-refractivity contribution in [3.63, 3.8) is 0 Å². The topological polar surface area (TPSA) is 9.86 Å². The highest BCUT2D eigenvalue weighted by Crippen LogP contribution is 2.41. The highest BCUT2D eigenvalue weighted by molar-refractivity contribution is 6.10. The molecule has 0 saturated heterocycles. The third kappa shape index (κ3) is 5.70. The molecule has 3 atom stereocenters. The van der Waals surface area contributed by atoms with Crippen LogP contribution in [0.15, 0.2) is 170 Å². The molecule has 0 N–H and O–H groups in total. The predicted octanol–water partition coefficient (Wildman–Crippen LogP) is 14.4. The van der Waals surface area contributed by atoms with Crippen LogP contribution in [0.25, 0.3) is 72.4 Å². The van der Waals surface area contributed by atoms with Crippen LogP contribution in [0.2, 0.25) is 0 Å². The minimum Gasteiger partial charge on any atom is -0.313 e. The van der Waals surface area contributed by atoms with Crippen molar-refractivity contribution in [2.75, 3.05) is 0 Å². The number of benzene rings is 5. The zero-order chi connectivity index (χ0) is 37.0. The lowest BCUT2D eigenvalue weighted by Gasteiger charge is -2.26. The van der Waals surface area contributed by atoms with Crippen molar-refractivity contribution in [3.05, 3.63) is 187 Å².